The molecule has 0 radical (unpaired) electrons. The summed E-state index contributed by atoms with van der Waals surface area (Å²) in [6, 6.07) is 1.62. The number of amides is 1. The Morgan fingerprint density at radius 2 is 1.81 bits per heavy atom. The van der Waals surface area contributed by atoms with Crippen molar-refractivity contribution in [1.82, 2.24) is 4.90 Å². The lowest BCUT2D eigenvalue weighted by molar-refractivity contribution is -0.139. The lowest BCUT2D eigenvalue weighted by atomic mass is 10.1. The molecular weight excluding hydrogens is 287 g/mol. The van der Waals surface area contributed by atoms with Crippen molar-refractivity contribution in [2.24, 2.45) is 0 Å². The number of phenols is 2. The maximum Gasteiger partial charge on any atom is 0.420 e. The quantitative estimate of drug-likeness (QED) is 0.664. The van der Waals surface area contributed by atoms with E-state index >= 15 is 0 Å². The first-order chi connectivity index (χ1) is 9.70. The number of benzene rings is 1. The fraction of sp³-hybridized carbons (Fsp3) is 0.357. The number of nitrogens with zero attached hydrogens (tertiary/aromatic N) is 1. The standard InChI is InChI=1S/C14H16F3NO3/c1-3-18(4-2)12(20)6-5-9-7-10(14(15,16)17)13(21)11(19)8-9/h5-8,19,21H,3-4H2,1-2H3/b6-5+. The molecule has 0 fully saturated rings. The lowest BCUT2D eigenvalue weighted by Crippen LogP contribution is -2.28. The van der Waals surface area contributed by atoms with Crippen LogP contribution in [0.25, 0.3) is 6.08 Å². The Hall–Kier alpha value is -2.18. The number of rotatable bonds is 4. The number of aromatic hydroxyl groups is 2. The van der Waals surface area contributed by atoms with E-state index in [0.29, 0.717) is 19.2 Å². The van der Waals surface area contributed by atoms with E-state index in [9.17, 15) is 28.2 Å². The van der Waals surface area contributed by atoms with Crippen LogP contribution in [0.4, 0.5) is 13.2 Å². The third-order valence-corrected chi connectivity index (χ3v) is 2.91. The van der Waals surface area contributed by atoms with E-state index in [2.05, 4.69) is 0 Å². The molecule has 1 aromatic rings. The Bertz CT molecular complexity index is 549. The van der Waals surface area contributed by atoms with Gasteiger partial charge < -0.3 is 15.1 Å². The first-order valence-electron chi connectivity index (χ1n) is 6.30. The molecule has 0 bridgehead atoms. The summed E-state index contributed by atoms with van der Waals surface area (Å²) in [5.41, 5.74) is -1.38. The molecule has 1 aromatic carbocycles. The van der Waals surface area contributed by atoms with Crippen LogP contribution in [0.5, 0.6) is 11.5 Å². The molecule has 0 heterocycles. The van der Waals surface area contributed by atoms with E-state index in [4.69, 9.17) is 0 Å². The number of hydrogen-bond donors (Lipinski definition) is 2. The van der Waals surface area contributed by atoms with Crippen LogP contribution in [-0.2, 0) is 11.0 Å². The highest BCUT2D eigenvalue weighted by Crippen LogP contribution is 2.41. The summed E-state index contributed by atoms with van der Waals surface area (Å²) in [6.45, 7) is 4.52. The molecule has 0 aliphatic carbocycles. The normalized spacial score (nSPS) is 11.9. The van der Waals surface area contributed by atoms with Gasteiger partial charge in [0, 0.05) is 19.2 Å². The van der Waals surface area contributed by atoms with Crippen molar-refractivity contribution in [1.29, 1.82) is 0 Å². The van der Waals surface area contributed by atoms with Gasteiger partial charge in [0.05, 0.1) is 0 Å². The SMILES string of the molecule is CCN(CC)C(=O)/C=C/c1cc(O)c(O)c(C(F)(F)F)c1. The molecule has 0 atom stereocenters. The molecule has 0 saturated carbocycles. The maximum absolute atomic E-state index is 12.7. The molecule has 0 saturated heterocycles. The van der Waals surface area contributed by atoms with E-state index in [-0.39, 0.29) is 11.5 Å². The summed E-state index contributed by atoms with van der Waals surface area (Å²) in [6.07, 6.45) is -2.51. The average molecular weight is 303 g/mol. The van der Waals surface area contributed by atoms with Crippen LogP contribution in [0.1, 0.15) is 25.0 Å². The Morgan fingerprint density at radius 3 is 2.29 bits per heavy atom. The second-order valence-electron chi connectivity index (χ2n) is 4.28. The molecule has 1 rings (SSSR count). The third-order valence-electron chi connectivity index (χ3n) is 2.91. The molecule has 0 unspecified atom stereocenters. The van der Waals surface area contributed by atoms with Crippen molar-refractivity contribution in [3.8, 4) is 11.5 Å². The van der Waals surface area contributed by atoms with Gasteiger partial charge in [-0.3, -0.25) is 4.79 Å². The minimum atomic E-state index is -4.80. The number of phenolic OH excluding ortho intramolecular Hbond substituents is 2. The predicted octanol–water partition coefficient (Wildman–Crippen LogP) is 3.00. The molecule has 2 N–H and O–H groups in total. The Labute approximate surface area is 120 Å². The van der Waals surface area contributed by atoms with Crippen LogP contribution in [-0.4, -0.2) is 34.1 Å². The van der Waals surface area contributed by atoms with Crippen molar-refractivity contribution >= 4 is 12.0 Å². The number of carbonyl (C=O) groups excluding carboxylic acids is 1. The van der Waals surface area contributed by atoms with Gasteiger partial charge in [-0.05, 0) is 37.6 Å². The molecule has 21 heavy (non-hydrogen) atoms. The second kappa shape index (κ2) is 6.51. The summed E-state index contributed by atoms with van der Waals surface area (Å²) in [4.78, 5) is 13.2. The molecular formula is C14H16F3NO3. The average Bonchev–Trinajstić information content (AvgIpc) is 2.40. The van der Waals surface area contributed by atoms with Crippen LogP contribution >= 0.6 is 0 Å². The first kappa shape index (κ1) is 16.9. The van der Waals surface area contributed by atoms with Gasteiger partial charge in [0.2, 0.25) is 5.91 Å². The Balaban J connectivity index is 3.11. The molecule has 4 nitrogen and oxygen atoms in total. The van der Waals surface area contributed by atoms with E-state index in [1.54, 1.807) is 13.8 Å². The summed E-state index contributed by atoms with van der Waals surface area (Å²) in [7, 11) is 0. The molecule has 0 spiro atoms. The summed E-state index contributed by atoms with van der Waals surface area (Å²) < 4.78 is 38.0. The van der Waals surface area contributed by atoms with Gasteiger partial charge in [0.15, 0.2) is 11.5 Å². The predicted molar refractivity (Wildman–Crippen MR) is 71.7 cm³/mol. The van der Waals surface area contributed by atoms with E-state index in [1.807, 2.05) is 0 Å². The monoisotopic (exact) mass is 303 g/mol. The highest BCUT2D eigenvalue weighted by Gasteiger charge is 2.35. The van der Waals surface area contributed by atoms with Crippen molar-refractivity contribution in [3.05, 3.63) is 29.3 Å². The fourth-order valence-electron chi connectivity index (χ4n) is 1.76. The molecule has 0 aromatic heterocycles. The number of alkyl halides is 3. The van der Waals surface area contributed by atoms with Crippen molar-refractivity contribution < 1.29 is 28.2 Å². The smallest absolute Gasteiger partial charge is 0.420 e. The number of carbonyl (C=O) groups is 1. The fourth-order valence-corrected chi connectivity index (χ4v) is 1.76. The molecule has 7 heteroatoms. The van der Waals surface area contributed by atoms with Crippen molar-refractivity contribution in [3.63, 3.8) is 0 Å². The van der Waals surface area contributed by atoms with E-state index < -0.39 is 23.2 Å². The maximum atomic E-state index is 12.7. The molecule has 0 aliphatic heterocycles. The largest absolute Gasteiger partial charge is 0.504 e. The van der Waals surface area contributed by atoms with Crippen LogP contribution in [0, 0.1) is 0 Å². The minimum Gasteiger partial charge on any atom is -0.504 e. The van der Waals surface area contributed by atoms with Crippen molar-refractivity contribution in [2.45, 2.75) is 20.0 Å². The Morgan fingerprint density at radius 1 is 1.24 bits per heavy atom. The number of halogens is 3. The van der Waals surface area contributed by atoms with Gasteiger partial charge >= 0.3 is 6.18 Å². The molecule has 1 amide bonds. The number of hydrogen-bond acceptors (Lipinski definition) is 3. The lowest BCUT2D eigenvalue weighted by Gasteiger charge is -2.16. The van der Waals surface area contributed by atoms with Gasteiger partial charge in [-0.2, -0.15) is 13.2 Å². The van der Waals surface area contributed by atoms with Gasteiger partial charge in [-0.25, -0.2) is 0 Å². The van der Waals surface area contributed by atoms with E-state index in [0.717, 1.165) is 18.2 Å². The zero-order chi connectivity index (χ0) is 16.2. The second-order valence-corrected chi connectivity index (χ2v) is 4.28. The highest BCUT2D eigenvalue weighted by molar-refractivity contribution is 5.91. The summed E-state index contributed by atoms with van der Waals surface area (Å²) in [5, 5.41) is 18.6. The van der Waals surface area contributed by atoms with Gasteiger partial charge in [0.1, 0.15) is 5.56 Å². The van der Waals surface area contributed by atoms with Gasteiger partial charge in [0.25, 0.3) is 0 Å². The highest BCUT2D eigenvalue weighted by atomic mass is 19.4. The summed E-state index contributed by atoms with van der Waals surface area (Å²) >= 11 is 0. The molecule has 116 valence electrons. The van der Waals surface area contributed by atoms with Gasteiger partial charge in [-0.1, -0.05) is 0 Å². The van der Waals surface area contributed by atoms with Gasteiger partial charge in [-0.15, -0.1) is 0 Å². The third kappa shape index (κ3) is 4.14. The van der Waals surface area contributed by atoms with Crippen LogP contribution in [0.2, 0.25) is 0 Å². The van der Waals surface area contributed by atoms with Crippen LogP contribution < -0.4 is 0 Å². The van der Waals surface area contributed by atoms with Crippen LogP contribution in [0.3, 0.4) is 0 Å². The summed E-state index contributed by atoms with van der Waals surface area (Å²) in [5.74, 6) is -2.46. The zero-order valence-corrected chi connectivity index (χ0v) is 11.6. The van der Waals surface area contributed by atoms with E-state index in [1.165, 1.54) is 4.90 Å². The van der Waals surface area contributed by atoms with Crippen molar-refractivity contribution in [2.75, 3.05) is 13.1 Å². The Kier molecular flexibility index (Phi) is 5.23. The number of likely N-dealkylation sites (N-methyl/N-ethyl adjacent to an activating group) is 1. The first-order valence-corrected chi connectivity index (χ1v) is 6.30. The minimum absolute atomic E-state index is 0.0295. The molecule has 0 aliphatic rings. The van der Waals surface area contributed by atoms with Crippen LogP contribution in [0.15, 0.2) is 18.2 Å². The topological polar surface area (TPSA) is 60.8 Å². The zero-order valence-electron chi connectivity index (χ0n) is 11.6.